The number of thiocarbonyl (C=S) groups is 1. The summed E-state index contributed by atoms with van der Waals surface area (Å²) < 4.78 is 0. The van der Waals surface area contributed by atoms with Crippen LogP contribution in [0.15, 0.2) is 48.5 Å². The molecule has 6 heteroatoms. The Morgan fingerprint density at radius 2 is 1.83 bits per heavy atom. The van der Waals surface area contributed by atoms with E-state index in [9.17, 15) is 9.59 Å². The van der Waals surface area contributed by atoms with Crippen LogP contribution in [-0.4, -0.2) is 34.9 Å². The molecule has 2 N–H and O–H groups in total. The van der Waals surface area contributed by atoms with Gasteiger partial charge in [-0.3, -0.25) is 9.59 Å². The monoisotopic (exact) mass is 409 g/mol. The van der Waals surface area contributed by atoms with Crippen LogP contribution in [0.2, 0.25) is 0 Å². The third-order valence-electron chi connectivity index (χ3n) is 5.30. The van der Waals surface area contributed by atoms with Crippen molar-refractivity contribution in [2.75, 3.05) is 18.4 Å². The van der Waals surface area contributed by atoms with E-state index in [1.54, 1.807) is 6.07 Å². The summed E-state index contributed by atoms with van der Waals surface area (Å²) >= 11 is 5.27. The summed E-state index contributed by atoms with van der Waals surface area (Å²) in [7, 11) is 0. The van der Waals surface area contributed by atoms with Gasteiger partial charge in [-0.25, -0.2) is 0 Å². The van der Waals surface area contributed by atoms with Gasteiger partial charge < -0.3 is 15.5 Å². The summed E-state index contributed by atoms with van der Waals surface area (Å²) in [4.78, 5) is 26.9. The van der Waals surface area contributed by atoms with Crippen molar-refractivity contribution in [1.82, 2.24) is 10.2 Å². The number of anilines is 1. The average molecular weight is 410 g/mol. The van der Waals surface area contributed by atoms with Gasteiger partial charge in [0, 0.05) is 24.3 Å². The quantitative estimate of drug-likeness (QED) is 0.752. The fraction of sp³-hybridized carbons (Fsp3) is 0.348. The molecule has 1 aliphatic rings. The van der Waals surface area contributed by atoms with Crippen molar-refractivity contribution in [1.29, 1.82) is 0 Å². The molecule has 29 heavy (non-hydrogen) atoms. The first kappa shape index (κ1) is 21.0. The molecule has 0 unspecified atom stereocenters. The molecule has 1 fully saturated rings. The summed E-state index contributed by atoms with van der Waals surface area (Å²) in [6.45, 7) is 5.79. The lowest BCUT2D eigenvalue weighted by Gasteiger charge is -2.30. The molecule has 5 nitrogen and oxygen atoms in total. The Bertz CT molecular complexity index is 905. The van der Waals surface area contributed by atoms with Gasteiger partial charge in [0.05, 0.1) is 6.42 Å². The summed E-state index contributed by atoms with van der Waals surface area (Å²) in [5.41, 5.74) is 3.34. The van der Waals surface area contributed by atoms with E-state index >= 15 is 0 Å². The van der Waals surface area contributed by atoms with Crippen molar-refractivity contribution in [2.45, 2.75) is 33.1 Å². The molecule has 1 saturated heterocycles. The molecule has 1 heterocycles. The van der Waals surface area contributed by atoms with Gasteiger partial charge in [0.1, 0.15) is 0 Å². The molecule has 152 valence electrons. The van der Waals surface area contributed by atoms with Gasteiger partial charge in [0.25, 0.3) is 5.91 Å². The Kier molecular flexibility index (Phi) is 6.99. The highest BCUT2D eigenvalue weighted by atomic mass is 32.1. The largest absolute Gasteiger partial charge is 0.339 e. The fourth-order valence-electron chi connectivity index (χ4n) is 3.44. The van der Waals surface area contributed by atoms with Crippen LogP contribution in [0, 0.1) is 12.8 Å². The van der Waals surface area contributed by atoms with Gasteiger partial charge in [-0.05, 0) is 67.2 Å². The molecule has 0 spiro atoms. The highest BCUT2D eigenvalue weighted by molar-refractivity contribution is 7.80. The van der Waals surface area contributed by atoms with E-state index in [-0.39, 0.29) is 23.3 Å². The van der Waals surface area contributed by atoms with Crippen LogP contribution in [-0.2, 0) is 11.2 Å². The van der Waals surface area contributed by atoms with E-state index < -0.39 is 0 Å². The number of carbonyl (C=O) groups is 2. The fourth-order valence-corrected chi connectivity index (χ4v) is 3.67. The molecule has 0 bridgehead atoms. The van der Waals surface area contributed by atoms with Gasteiger partial charge in [0.15, 0.2) is 5.11 Å². The van der Waals surface area contributed by atoms with E-state index in [1.807, 2.05) is 54.3 Å². The van der Waals surface area contributed by atoms with Crippen molar-refractivity contribution in [2.24, 2.45) is 5.92 Å². The smallest absolute Gasteiger partial charge is 0.253 e. The van der Waals surface area contributed by atoms with E-state index in [4.69, 9.17) is 12.2 Å². The second kappa shape index (κ2) is 9.65. The normalized spacial score (nSPS) is 14.3. The predicted octanol–water partition coefficient (Wildman–Crippen LogP) is 3.92. The van der Waals surface area contributed by atoms with Crippen LogP contribution in [0.4, 0.5) is 5.69 Å². The number of hydrogen-bond acceptors (Lipinski definition) is 3. The Morgan fingerprint density at radius 1 is 1.10 bits per heavy atom. The first-order chi connectivity index (χ1) is 13.9. The lowest BCUT2D eigenvalue weighted by Crippen LogP contribution is -2.38. The standard InChI is InChI=1S/C23H27N3O2S/c1-16-10-12-26(13-11-16)22(28)19-8-5-9-20(14-19)24-23(29)25-21(27)15-18-7-4-3-6-17(18)2/h3-9,14,16H,10-13,15H2,1-2H3,(H2,24,25,27,29). The molecule has 0 aromatic heterocycles. The maximum absolute atomic E-state index is 12.8. The molecule has 0 aliphatic carbocycles. The Labute approximate surface area is 177 Å². The SMILES string of the molecule is Cc1ccccc1CC(=O)NC(=S)Nc1cccc(C(=O)N2CCC(C)CC2)c1. The first-order valence-corrected chi connectivity index (χ1v) is 10.4. The molecule has 3 rings (SSSR count). The maximum Gasteiger partial charge on any atom is 0.253 e. The van der Waals surface area contributed by atoms with Crippen molar-refractivity contribution >= 4 is 34.8 Å². The molecule has 1 aliphatic heterocycles. The zero-order valence-corrected chi connectivity index (χ0v) is 17.7. The molecular weight excluding hydrogens is 382 g/mol. The van der Waals surface area contributed by atoms with E-state index in [0.29, 0.717) is 17.2 Å². The van der Waals surface area contributed by atoms with Crippen LogP contribution in [0.1, 0.15) is 41.3 Å². The maximum atomic E-state index is 12.8. The number of benzene rings is 2. The number of likely N-dealkylation sites (tertiary alicyclic amines) is 1. The van der Waals surface area contributed by atoms with Crippen LogP contribution < -0.4 is 10.6 Å². The van der Waals surface area contributed by atoms with Gasteiger partial charge in [-0.2, -0.15) is 0 Å². The van der Waals surface area contributed by atoms with E-state index in [1.165, 1.54) is 0 Å². The molecule has 0 saturated carbocycles. The number of rotatable bonds is 4. The number of aryl methyl sites for hydroxylation is 1. The zero-order valence-electron chi connectivity index (χ0n) is 16.9. The highest BCUT2D eigenvalue weighted by Crippen LogP contribution is 2.19. The van der Waals surface area contributed by atoms with Crippen molar-refractivity contribution in [3.63, 3.8) is 0 Å². The highest BCUT2D eigenvalue weighted by Gasteiger charge is 2.21. The number of nitrogens with zero attached hydrogens (tertiary/aromatic N) is 1. The molecule has 0 radical (unpaired) electrons. The first-order valence-electron chi connectivity index (χ1n) is 9.97. The molecule has 2 aromatic rings. The van der Waals surface area contributed by atoms with Gasteiger partial charge >= 0.3 is 0 Å². The lowest BCUT2D eigenvalue weighted by molar-refractivity contribution is -0.119. The number of piperidine rings is 1. The minimum Gasteiger partial charge on any atom is -0.339 e. The third kappa shape index (κ3) is 5.87. The second-order valence-electron chi connectivity index (χ2n) is 7.66. The Morgan fingerprint density at radius 3 is 2.55 bits per heavy atom. The number of hydrogen-bond donors (Lipinski definition) is 2. The minimum atomic E-state index is -0.175. The summed E-state index contributed by atoms with van der Waals surface area (Å²) in [6, 6.07) is 15.0. The Balaban J connectivity index is 1.56. The van der Waals surface area contributed by atoms with Crippen LogP contribution in [0.5, 0.6) is 0 Å². The molecule has 0 atom stereocenters. The minimum absolute atomic E-state index is 0.0371. The Hall–Kier alpha value is -2.73. The van der Waals surface area contributed by atoms with Crippen LogP contribution in [0.25, 0.3) is 0 Å². The van der Waals surface area contributed by atoms with Crippen molar-refractivity contribution in [3.05, 3.63) is 65.2 Å². The van der Waals surface area contributed by atoms with Gasteiger partial charge in [0.2, 0.25) is 5.91 Å². The number of carbonyl (C=O) groups excluding carboxylic acids is 2. The lowest BCUT2D eigenvalue weighted by atomic mass is 9.98. The van der Waals surface area contributed by atoms with Crippen molar-refractivity contribution in [3.8, 4) is 0 Å². The van der Waals surface area contributed by atoms with E-state index in [0.717, 1.165) is 37.1 Å². The van der Waals surface area contributed by atoms with Crippen molar-refractivity contribution < 1.29 is 9.59 Å². The predicted molar refractivity (Wildman–Crippen MR) is 120 cm³/mol. The topological polar surface area (TPSA) is 61.4 Å². The second-order valence-corrected chi connectivity index (χ2v) is 8.07. The average Bonchev–Trinajstić information content (AvgIpc) is 2.70. The third-order valence-corrected chi connectivity index (χ3v) is 5.51. The molecule has 2 aromatic carbocycles. The summed E-state index contributed by atoms with van der Waals surface area (Å²) in [5.74, 6) is 0.536. The van der Waals surface area contributed by atoms with Gasteiger partial charge in [-0.15, -0.1) is 0 Å². The number of nitrogens with one attached hydrogen (secondary N) is 2. The van der Waals surface area contributed by atoms with Gasteiger partial charge in [-0.1, -0.05) is 37.3 Å². The summed E-state index contributed by atoms with van der Waals surface area (Å²) in [6.07, 6.45) is 2.35. The van der Waals surface area contributed by atoms with Crippen LogP contribution in [0.3, 0.4) is 0 Å². The number of amides is 2. The molecule has 2 amide bonds. The van der Waals surface area contributed by atoms with E-state index in [2.05, 4.69) is 17.6 Å². The molecular formula is C23H27N3O2S. The van der Waals surface area contributed by atoms with Crippen LogP contribution >= 0.6 is 12.2 Å². The zero-order chi connectivity index (χ0) is 20.8. The summed E-state index contributed by atoms with van der Waals surface area (Å²) in [5, 5.41) is 5.94.